The number of nitrogens with zero attached hydrogens (tertiary/aromatic N) is 1. The molecule has 24 heavy (non-hydrogen) atoms. The van der Waals surface area contributed by atoms with Crippen LogP contribution >= 0.6 is 23.2 Å². The number of methoxy groups -OCH3 is 1. The van der Waals surface area contributed by atoms with Crippen molar-refractivity contribution < 1.29 is 22.3 Å². The van der Waals surface area contributed by atoms with Gasteiger partial charge in [0.15, 0.2) is 0 Å². The molecule has 0 radical (unpaired) electrons. The van der Waals surface area contributed by atoms with Gasteiger partial charge in [-0.25, -0.2) is 12.8 Å². The molecule has 0 aromatic heterocycles. The predicted molar refractivity (Wildman–Crippen MR) is 89.4 cm³/mol. The van der Waals surface area contributed by atoms with Crippen LogP contribution in [0.4, 0.5) is 10.1 Å². The van der Waals surface area contributed by atoms with Crippen LogP contribution in [0.5, 0.6) is 0 Å². The monoisotopic (exact) mass is 391 g/mol. The molecule has 0 heterocycles. The first-order valence-electron chi connectivity index (χ1n) is 6.56. The van der Waals surface area contributed by atoms with Crippen LogP contribution in [0.25, 0.3) is 0 Å². The van der Waals surface area contributed by atoms with Crippen LogP contribution in [-0.2, 0) is 19.6 Å². The topological polar surface area (TPSA) is 63.7 Å². The average molecular weight is 392 g/mol. The molecule has 2 aromatic carbocycles. The fraction of sp³-hybridized carbons (Fsp3) is 0.133. The summed E-state index contributed by atoms with van der Waals surface area (Å²) in [5.41, 5.74) is -0.283. The van der Waals surface area contributed by atoms with Crippen LogP contribution in [0.2, 0.25) is 10.0 Å². The summed E-state index contributed by atoms with van der Waals surface area (Å²) in [5.74, 6) is -1.65. The first kappa shape index (κ1) is 18.5. The lowest BCUT2D eigenvalue weighted by atomic mass is 10.3. The van der Waals surface area contributed by atoms with E-state index < -0.39 is 28.4 Å². The number of anilines is 1. The van der Waals surface area contributed by atoms with Gasteiger partial charge in [0, 0.05) is 0 Å². The maximum Gasteiger partial charge on any atom is 0.326 e. The Kier molecular flexibility index (Phi) is 5.69. The minimum atomic E-state index is -4.27. The molecule has 0 saturated heterocycles. The van der Waals surface area contributed by atoms with Gasteiger partial charge < -0.3 is 4.74 Å². The van der Waals surface area contributed by atoms with E-state index in [2.05, 4.69) is 4.74 Å². The summed E-state index contributed by atoms with van der Waals surface area (Å²) < 4.78 is 44.9. The Morgan fingerprint density at radius 3 is 2.42 bits per heavy atom. The number of esters is 1. The summed E-state index contributed by atoms with van der Waals surface area (Å²) in [6.45, 7) is -0.694. The van der Waals surface area contributed by atoms with Gasteiger partial charge in [-0.2, -0.15) is 0 Å². The van der Waals surface area contributed by atoms with Crippen molar-refractivity contribution in [2.24, 2.45) is 0 Å². The second kappa shape index (κ2) is 7.38. The smallest absolute Gasteiger partial charge is 0.326 e. The first-order valence-corrected chi connectivity index (χ1v) is 8.76. The molecule has 5 nitrogen and oxygen atoms in total. The molecule has 0 N–H and O–H groups in total. The number of rotatable bonds is 5. The molecule has 0 spiro atoms. The molecule has 0 aliphatic heterocycles. The quantitative estimate of drug-likeness (QED) is 0.731. The molecule has 0 atom stereocenters. The Morgan fingerprint density at radius 1 is 1.17 bits per heavy atom. The lowest BCUT2D eigenvalue weighted by molar-refractivity contribution is -0.138. The third-order valence-electron chi connectivity index (χ3n) is 3.10. The normalized spacial score (nSPS) is 11.2. The lowest BCUT2D eigenvalue weighted by Crippen LogP contribution is -2.36. The summed E-state index contributed by atoms with van der Waals surface area (Å²) >= 11 is 11.6. The van der Waals surface area contributed by atoms with Gasteiger partial charge in [0.1, 0.15) is 12.4 Å². The number of benzene rings is 2. The van der Waals surface area contributed by atoms with Gasteiger partial charge in [-0.3, -0.25) is 9.10 Å². The Hall–Kier alpha value is -1.83. The highest BCUT2D eigenvalue weighted by atomic mass is 35.5. The van der Waals surface area contributed by atoms with Crippen LogP contribution in [-0.4, -0.2) is 28.0 Å². The Labute approximate surface area is 148 Å². The summed E-state index contributed by atoms with van der Waals surface area (Å²) in [6, 6.07) is 8.83. The number of para-hydroxylation sites is 1. The van der Waals surface area contributed by atoms with Crippen molar-refractivity contribution >= 4 is 44.9 Å². The molecular formula is C15H12Cl2FNO4S. The molecule has 0 fully saturated rings. The molecule has 2 aromatic rings. The van der Waals surface area contributed by atoms with E-state index in [1.165, 1.54) is 30.3 Å². The zero-order valence-electron chi connectivity index (χ0n) is 12.4. The molecule has 0 amide bonds. The predicted octanol–water partition coefficient (Wildman–Crippen LogP) is 3.50. The molecule has 0 aliphatic carbocycles. The van der Waals surface area contributed by atoms with E-state index in [-0.39, 0.29) is 20.6 Å². The molecule has 0 aliphatic rings. The number of hydrogen-bond acceptors (Lipinski definition) is 4. The number of halogens is 3. The largest absolute Gasteiger partial charge is 0.468 e. The summed E-state index contributed by atoms with van der Waals surface area (Å²) in [5, 5.41) is 0.185. The van der Waals surface area contributed by atoms with E-state index in [1.807, 2.05) is 0 Å². The van der Waals surface area contributed by atoms with E-state index in [1.54, 1.807) is 0 Å². The average Bonchev–Trinajstić information content (AvgIpc) is 2.55. The summed E-state index contributed by atoms with van der Waals surface area (Å²) in [6.07, 6.45) is 0. The van der Waals surface area contributed by atoms with Crippen molar-refractivity contribution in [3.63, 3.8) is 0 Å². The highest BCUT2D eigenvalue weighted by Gasteiger charge is 2.29. The zero-order chi connectivity index (χ0) is 17.9. The van der Waals surface area contributed by atoms with Crippen molar-refractivity contribution in [2.45, 2.75) is 4.90 Å². The van der Waals surface area contributed by atoms with Crippen molar-refractivity contribution in [3.8, 4) is 0 Å². The first-order chi connectivity index (χ1) is 11.3. The van der Waals surface area contributed by atoms with Gasteiger partial charge in [0.2, 0.25) is 0 Å². The van der Waals surface area contributed by atoms with Gasteiger partial charge >= 0.3 is 5.97 Å². The van der Waals surface area contributed by atoms with Crippen molar-refractivity contribution in [1.29, 1.82) is 0 Å². The second-order valence-electron chi connectivity index (χ2n) is 4.62. The Balaban J connectivity index is 2.59. The zero-order valence-corrected chi connectivity index (χ0v) is 14.7. The Bertz CT molecular complexity index is 874. The van der Waals surface area contributed by atoms with Crippen LogP contribution in [0, 0.1) is 5.82 Å². The fourth-order valence-electron chi connectivity index (χ4n) is 1.90. The Morgan fingerprint density at radius 2 is 1.83 bits per heavy atom. The molecular weight excluding hydrogens is 380 g/mol. The van der Waals surface area contributed by atoms with E-state index in [0.717, 1.165) is 19.2 Å². The van der Waals surface area contributed by atoms with Gasteiger partial charge in [-0.05, 0) is 30.3 Å². The maximum atomic E-state index is 14.1. The highest BCUT2D eigenvalue weighted by Crippen LogP contribution is 2.30. The van der Waals surface area contributed by atoms with Crippen LogP contribution in [0.15, 0.2) is 47.4 Å². The molecule has 0 bridgehead atoms. The number of sulfonamides is 1. The SMILES string of the molecule is COC(=O)CN(c1ccccc1F)S(=O)(=O)c1ccc(Cl)c(Cl)c1. The molecule has 0 unspecified atom stereocenters. The van der Waals surface area contributed by atoms with Gasteiger partial charge in [-0.1, -0.05) is 35.3 Å². The maximum absolute atomic E-state index is 14.1. The lowest BCUT2D eigenvalue weighted by Gasteiger charge is -2.23. The summed E-state index contributed by atoms with van der Waals surface area (Å²) in [7, 11) is -3.17. The van der Waals surface area contributed by atoms with Crippen LogP contribution in [0.1, 0.15) is 0 Å². The molecule has 2 rings (SSSR count). The number of hydrogen-bond donors (Lipinski definition) is 0. The standard InChI is InChI=1S/C15H12Cl2FNO4S/c1-23-15(20)9-19(14-5-3-2-4-13(14)18)24(21,22)10-6-7-11(16)12(17)8-10/h2-8H,9H2,1H3. The van der Waals surface area contributed by atoms with Crippen LogP contribution < -0.4 is 4.31 Å². The van der Waals surface area contributed by atoms with Crippen molar-refractivity contribution in [1.82, 2.24) is 0 Å². The number of ether oxygens (including phenoxy) is 1. The third-order valence-corrected chi connectivity index (χ3v) is 5.60. The van der Waals surface area contributed by atoms with Gasteiger partial charge in [0.05, 0.1) is 27.7 Å². The van der Waals surface area contributed by atoms with Crippen molar-refractivity contribution in [2.75, 3.05) is 18.0 Å². The van der Waals surface area contributed by atoms with E-state index >= 15 is 0 Å². The van der Waals surface area contributed by atoms with Crippen molar-refractivity contribution in [3.05, 3.63) is 58.3 Å². The minimum Gasteiger partial charge on any atom is -0.468 e. The number of carbonyl (C=O) groups is 1. The van der Waals surface area contributed by atoms with E-state index in [9.17, 15) is 17.6 Å². The summed E-state index contributed by atoms with van der Waals surface area (Å²) in [4.78, 5) is 11.4. The van der Waals surface area contributed by atoms with Gasteiger partial charge in [-0.15, -0.1) is 0 Å². The second-order valence-corrected chi connectivity index (χ2v) is 7.29. The van der Waals surface area contributed by atoms with E-state index in [0.29, 0.717) is 4.31 Å². The molecule has 9 heteroatoms. The highest BCUT2D eigenvalue weighted by molar-refractivity contribution is 7.92. The fourth-order valence-corrected chi connectivity index (χ4v) is 3.71. The van der Waals surface area contributed by atoms with E-state index in [4.69, 9.17) is 23.2 Å². The third kappa shape index (κ3) is 3.80. The molecule has 0 saturated carbocycles. The molecule has 128 valence electrons. The number of carbonyl (C=O) groups excluding carboxylic acids is 1. The minimum absolute atomic E-state index is 0.0179. The van der Waals surface area contributed by atoms with Crippen LogP contribution in [0.3, 0.4) is 0 Å². The van der Waals surface area contributed by atoms with Gasteiger partial charge in [0.25, 0.3) is 10.0 Å².